The third kappa shape index (κ3) is 5.44. The first kappa shape index (κ1) is 19.2. The quantitative estimate of drug-likeness (QED) is 0.361. The lowest BCUT2D eigenvalue weighted by Gasteiger charge is -2.07. The molecule has 0 atom stereocenters. The topological polar surface area (TPSA) is 23.8 Å². The van der Waals surface area contributed by atoms with E-state index in [9.17, 15) is 0 Å². The fourth-order valence-corrected chi connectivity index (χ4v) is 3.65. The molecule has 3 aromatic rings. The van der Waals surface area contributed by atoms with Crippen molar-refractivity contribution in [2.75, 3.05) is 0 Å². The van der Waals surface area contributed by atoms with Crippen LogP contribution in [-0.4, -0.2) is 0 Å². The molecule has 0 radical (unpaired) electrons. The monoisotopic (exact) mass is 355 g/mol. The van der Waals surface area contributed by atoms with Crippen LogP contribution < -0.4 is 0 Å². The summed E-state index contributed by atoms with van der Waals surface area (Å²) in [5.41, 5.74) is 4.51. The lowest BCUT2D eigenvalue weighted by molar-refractivity contribution is 0.589. The highest BCUT2D eigenvalue weighted by molar-refractivity contribution is 5.87. The van der Waals surface area contributed by atoms with Crippen LogP contribution in [0.5, 0.6) is 0 Å². The lowest BCUT2D eigenvalue weighted by atomic mass is 9.98. The zero-order valence-corrected chi connectivity index (χ0v) is 16.4. The first-order valence-electron chi connectivity index (χ1n) is 10.3. The van der Waals surface area contributed by atoms with E-state index >= 15 is 0 Å². The Labute approximate surface area is 163 Å². The van der Waals surface area contributed by atoms with Crippen molar-refractivity contribution >= 4 is 10.8 Å². The molecule has 0 saturated heterocycles. The summed E-state index contributed by atoms with van der Waals surface area (Å²) in [5.74, 6) is 0. The SMILES string of the molecule is CCCCCCCCCc1ccc2cc(-c3ccc(C#N)cc3)ccc2c1. The van der Waals surface area contributed by atoms with Crippen molar-refractivity contribution in [3.8, 4) is 17.2 Å². The summed E-state index contributed by atoms with van der Waals surface area (Å²) in [4.78, 5) is 0. The van der Waals surface area contributed by atoms with Gasteiger partial charge in [0.1, 0.15) is 0 Å². The van der Waals surface area contributed by atoms with Crippen LogP contribution in [-0.2, 0) is 6.42 Å². The lowest BCUT2D eigenvalue weighted by Crippen LogP contribution is -1.87. The summed E-state index contributed by atoms with van der Waals surface area (Å²) in [7, 11) is 0. The predicted molar refractivity (Wildman–Crippen MR) is 116 cm³/mol. The second-order valence-corrected chi connectivity index (χ2v) is 7.46. The van der Waals surface area contributed by atoms with Gasteiger partial charge in [0.25, 0.3) is 0 Å². The van der Waals surface area contributed by atoms with E-state index in [2.05, 4.69) is 49.4 Å². The number of benzene rings is 3. The summed E-state index contributed by atoms with van der Waals surface area (Å²) in [6.07, 6.45) is 10.7. The van der Waals surface area contributed by atoms with Crippen molar-refractivity contribution in [3.05, 3.63) is 71.8 Å². The van der Waals surface area contributed by atoms with Gasteiger partial charge in [0, 0.05) is 0 Å². The number of aryl methyl sites for hydroxylation is 1. The number of hydrogen-bond donors (Lipinski definition) is 0. The summed E-state index contributed by atoms with van der Waals surface area (Å²) in [6.45, 7) is 2.27. The molecule has 0 aliphatic heterocycles. The fourth-order valence-electron chi connectivity index (χ4n) is 3.65. The van der Waals surface area contributed by atoms with Gasteiger partial charge in [-0.1, -0.05) is 87.9 Å². The standard InChI is InChI=1S/C26H29N/c1-2-3-4-5-6-7-8-9-21-10-15-26-19-25(17-16-24(26)18-21)23-13-11-22(20-27)12-14-23/h10-19H,2-9H2,1H3. The van der Waals surface area contributed by atoms with E-state index in [0.717, 1.165) is 5.56 Å². The Morgan fingerprint density at radius 2 is 1.30 bits per heavy atom. The van der Waals surface area contributed by atoms with Crippen LogP contribution in [0.4, 0.5) is 0 Å². The van der Waals surface area contributed by atoms with Crippen molar-refractivity contribution in [1.82, 2.24) is 0 Å². The molecule has 138 valence electrons. The van der Waals surface area contributed by atoms with Gasteiger partial charge in [-0.05, 0) is 58.5 Å². The van der Waals surface area contributed by atoms with E-state index in [4.69, 9.17) is 5.26 Å². The Morgan fingerprint density at radius 3 is 2.04 bits per heavy atom. The van der Waals surface area contributed by atoms with Crippen LogP contribution >= 0.6 is 0 Å². The molecule has 0 amide bonds. The molecule has 0 aliphatic carbocycles. The molecule has 0 bridgehead atoms. The van der Waals surface area contributed by atoms with Gasteiger partial charge in [0.2, 0.25) is 0 Å². The van der Waals surface area contributed by atoms with Crippen molar-refractivity contribution < 1.29 is 0 Å². The van der Waals surface area contributed by atoms with Crippen molar-refractivity contribution in [2.45, 2.75) is 58.3 Å². The van der Waals surface area contributed by atoms with Crippen molar-refractivity contribution in [1.29, 1.82) is 5.26 Å². The van der Waals surface area contributed by atoms with Gasteiger partial charge >= 0.3 is 0 Å². The van der Waals surface area contributed by atoms with E-state index in [1.165, 1.54) is 73.3 Å². The Kier molecular flexibility index (Phi) is 7.05. The highest BCUT2D eigenvalue weighted by atomic mass is 14.2. The van der Waals surface area contributed by atoms with Crippen LogP contribution in [0, 0.1) is 11.3 Å². The number of nitrogens with zero attached hydrogens (tertiary/aromatic N) is 1. The first-order valence-corrected chi connectivity index (χ1v) is 10.3. The highest BCUT2D eigenvalue weighted by Gasteiger charge is 2.02. The number of hydrogen-bond acceptors (Lipinski definition) is 1. The largest absolute Gasteiger partial charge is 0.192 e. The zero-order valence-electron chi connectivity index (χ0n) is 16.4. The van der Waals surface area contributed by atoms with E-state index in [1.807, 2.05) is 24.3 Å². The molecule has 1 heteroatoms. The minimum absolute atomic E-state index is 0.703. The smallest absolute Gasteiger partial charge is 0.0991 e. The maximum absolute atomic E-state index is 8.94. The van der Waals surface area contributed by atoms with Crippen LogP contribution in [0.25, 0.3) is 21.9 Å². The van der Waals surface area contributed by atoms with E-state index in [0.29, 0.717) is 5.56 Å². The maximum atomic E-state index is 8.94. The second kappa shape index (κ2) is 9.93. The van der Waals surface area contributed by atoms with E-state index in [1.54, 1.807) is 0 Å². The molecule has 0 N–H and O–H groups in total. The van der Waals surface area contributed by atoms with Crippen molar-refractivity contribution in [2.24, 2.45) is 0 Å². The van der Waals surface area contributed by atoms with Gasteiger partial charge < -0.3 is 0 Å². The minimum atomic E-state index is 0.703. The maximum Gasteiger partial charge on any atom is 0.0991 e. The van der Waals surface area contributed by atoms with Crippen LogP contribution in [0.2, 0.25) is 0 Å². The first-order chi connectivity index (χ1) is 13.3. The Bertz CT molecular complexity index is 900. The van der Waals surface area contributed by atoms with Gasteiger partial charge in [0.05, 0.1) is 11.6 Å². The third-order valence-corrected chi connectivity index (χ3v) is 5.32. The molecule has 0 aromatic heterocycles. The van der Waals surface area contributed by atoms with Gasteiger partial charge in [-0.25, -0.2) is 0 Å². The number of rotatable bonds is 9. The Morgan fingerprint density at radius 1 is 0.667 bits per heavy atom. The molecule has 27 heavy (non-hydrogen) atoms. The van der Waals surface area contributed by atoms with Crippen LogP contribution in [0.1, 0.15) is 63.0 Å². The van der Waals surface area contributed by atoms with Crippen LogP contribution in [0.3, 0.4) is 0 Å². The molecule has 1 nitrogen and oxygen atoms in total. The molecule has 0 fully saturated rings. The second-order valence-electron chi connectivity index (χ2n) is 7.46. The molecular weight excluding hydrogens is 326 g/mol. The predicted octanol–water partition coefficient (Wildman–Crippen LogP) is 7.67. The Hall–Kier alpha value is -2.59. The molecule has 3 aromatic carbocycles. The van der Waals surface area contributed by atoms with Gasteiger partial charge in [0.15, 0.2) is 0 Å². The van der Waals surface area contributed by atoms with E-state index < -0.39 is 0 Å². The number of fused-ring (bicyclic) bond motifs is 1. The zero-order chi connectivity index (χ0) is 18.9. The summed E-state index contributed by atoms with van der Waals surface area (Å²) in [5, 5.41) is 11.5. The van der Waals surface area contributed by atoms with Crippen molar-refractivity contribution in [3.63, 3.8) is 0 Å². The van der Waals surface area contributed by atoms with Gasteiger partial charge in [-0.2, -0.15) is 5.26 Å². The summed E-state index contributed by atoms with van der Waals surface area (Å²) < 4.78 is 0. The average molecular weight is 356 g/mol. The van der Waals surface area contributed by atoms with Gasteiger partial charge in [-0.15, -0.1) is 0 Å². The molecule has 0 unspecified atom stereocenters. The van der Waals surface area contributed by atoms with Crippen LogP contribution in [0.15, 0.2) is 60.7 Å². The minimum Gasteiger partial charge on any atom is -0.192 e. The molecule has 0 heterocycles. The summed E-state index contributed by atoms with van der Waals surface area (Å²) >= 11 is 0. The van der Waals surface area contributed by atoms with E-state index in [-0.39, 0.29) is 0 Å². The molecule has 3 rings (SSSR count). The molecular formula is C26H29N. The molecule has 0 saturated carbocycles. The van der Waals surface area contributed by atoms with Gasteiger partial charge in [-0.3, -0.25) is 0 Å². The number of unbranched alkanes of at least 4 members (excludes halogenated alkanes) is 6. The highest BCUT2D eigenvalue weighted by Crippen LogP contribution is 2.26. The summed E-state index contributed by atoms with van der Waals surface area (Å²) in [6, 6.07) is 23.5. The molecule has 0 aliphatic rings. The fraction of sp³-hybridized carbons (Fsp3) is 0.346. The Balaban J connectivity index is 1.60. The third-order valence-electron chi connectivity index (χ3n) is 5.32. The molecule has 0 spiro atoms. The number of nitriles is 1. The normalized spacial score (nSPS) is 10.8. The average Bonchev–Trinajstić information content (AvgIpc) is 2.72.